The SMILES string of the molecule is C1=C(c2ccc([C@H]3CC[C@H]4CCCCN43)cc2)CCCC1. The lowest BCUT2D eigenvalue weighted by molar-refractivity contribution is 0.150. The molecule has 2 saturated heterocycles. The van der Waals surface area contributed by atoms with Gasteiger partial charge in [-0.3, -0.25) is 4.90 Å². The molecule has 0 N–H and O–H groups in total. The maximum atomic E-state index is 2.79. The first-order chi connectivity index (χ1) is 10.4. The summed E-state index contributed by atoms with van der Waals surface area (Å²) in [5.41, 5.74) is 4.60. The summed E-state index contributed by atoms with van der Waals surface area (Å²) in [5.74, 6) is 0. The zero-order valence-corrected chi connectivity index (χ0v) is 13.1. The first-order valence-corrected chi connectivity index (χ1v) is 8.97. The Morgan fingerprint density at radius 1 is 0.857 bits per heavy atom. The molecule has 2 aliphatic heterocycles. The molecule has 0 unspecified atom stereocenters. The molecule has 0 spiro atoms. The van der Waals surface area contributed by atoms with Crippen LogP contribution in [0.4, 0.5) is 0 Å². The second-order valence-electron chi connectivity index (χ2n) is 7.08. The van der Waals surface area contributed by atoms with E-state index >= 15 is 0 Å². The molecule has 0 aromatic heterocycles. The molecule has 1 aromatic rings. The largest absolute Gasteiger partial charge is 0.293 e. The van der Waals surface area contributed by atoms with E-state index in [2.05, 4.69) is 35.2 Å². The summed E-state index contributed by atoms with van der Waals surface area (Å²) in [4.78, 5) is 2.79. The molecule has 0 radical (unpaired) electrons. The minimum atomic E-state index is 0.699. The van der Waals surface area contributed by atoms with Crippen LogP contribution in [0.25, 0.3) is 5.57 Å². The minimum absolute atomic E-state index is 0.699. The standard InChI is InChI=1S/C20H27N/c1-2-6-16(7-3-1)17-9-11-18(12-10-17)20-14-13-19-8-4-5-15-21(19)20/h6,9-12,19-20H,1-5,7-8,13-15H2/t19-,20-/m1/s1. The molecule has 1 aliphatic carbocycles. The van der Waals surface area contributed by atoms with Gasteiger partial charge in [0.05, 0.1) is 0 Å². The number of hydrogen-bond donors (Lipinski definition) is 0. The Bertz CT molecular complexity index is 513. The van der Waals surface area contributed by atoms with Crippen LogP contribution in [-0.4, -0.2) is 17.5 Å². The van der Waals surface area contributed by atoms with Crippen molar-refractivity contribution in [2.75, 3.05) is 6.54 Å². The second kappa shape index (κ2) is 5.96. The molecule has 0 bridgehead atoms. The minimum Gasteiger partial charge on any atom is -0.293 e. The van der Waals surface area contributed by atoms with Gasteiger partial charge < -0.3 is 0 Å². The summed E-state index contributed by atoms with van der Waals surface area (Å²) < 4.78 is 0. The molecule has 1 heteroatoms. The van der Waals surface area contributed by atoms with Crippen molar-refractivity contribution < 1.29 is 0 Å². The smallest absolute Gasteiger partial charge is 0.0351 e. The molecule has 1 aromatic carbocycles. The van der Waals surface area contributed by atoms with E-state index in [1.54, 1.807) is 11.1 Å². The normalized spacial score (nSPS) is 30.0. The Morgan fingerprint density at radius 3 is 2.57 bits per heavy atom. The van der Waals surface area contributed by atoms with Crippen LogP contribution in [0.1, 0.15) is 75.0 Å². The van der Waals surface area contributed by atoms with Crippen molar-refractivity contribution in [1.82, 2.24) is 4.90 Å². The highest BCUT2D eigenvalue weighted by atomic mass is 15.2. The topological polar surface area (TPSA) is 3.24 Å². The van der Waals surface area contributed by atoms with Gasteiger partial charge in [0.2, 0.25) is 0 Å². The van der Waals surface area contributed by atoms with Gasteiger partial charge in [-0.1, -0.05) is 36.8 Å². The van der Waals surface area contributed by atoms with Crippen molar-refractivity contribution in [3.8, 4) is 0 Å². The quantitative estimate of drug-likeness (QED) is 0.708. The molecule has 2 heterocycles. The van der Waals surface area contributed by atoms with Gasteiger partial charge in [-0.05, 0) is 74.6 Å². The van der Waals surface area contributed by atoms with Crippen molar-refractivity contribution in [3.63, 3.8) is 0 Å². The molecule has 112 valence electrons. The molecule has 2 atom stereocenters. The van der Waals surface area contributed by atoms with Crippen LogP contribution in [0.15, 0.2) is 30.3 Å². The van der Waals surface area contributed by atoms with E-state index in [-0.39, 0.29) is 0 Å². The highest BCUT2D eigenvalue weighted by Crippen LogP contribution is 2.40. The predicted molar refractivity (Wildman–Crippen MR) is 89.2 cm³/mol. The van der Waals surface area contributed by atoms with E-state index in [1.165, 1.54) is 69.9 Å². The third kappa shape index (κ3) is 2.68. The molecular weight excluding hydrogens is 254 g/mol. The van der Waals surface area contributed by atoms with Gasteiger partial charge in [0.25, 0.3) is 0 Å². The van der Waals surface area contributed by atoms with E-state index in [9.17, 15) is 0 Å². The number of allylic oxidation sites excluding steroid dienone is 2. The molecule has 4 rings (SSSR count). The van der Waals surface area contributed by atoms with Gasteiger partial charge in [-0.25, -0.2) is 0 Å². The first-order valence-electron chi connectivity index (χ1n) is 8.97. The van der Waals surface area contributed by atoms with Gasteiger partial charge in [0.1, 0.15) is 0 Å². The first kappa shape index (κ1) is 13.6. The molecule has 1 nitrogen and oxygen atoms in total. The Balaban J connectivity index is 1.52. The Labute approximate surface area is 129 Å². The van der Waals surface area contributed by atoms with Gasteiger partial charge >= 0.3 is 0 Å². The van der Waals surface area contributed by atoms with E-state index in [1.807, 2.05) is 0 Å². The van der Waals surface area contributed by atoms with Crippen molar-refractivity contribution >= 4 is 5.57 Å². The summed E-state index contributed by atoms with van der Waals surface area (Å²) in [5, 5.41) is 0. The van der Waals surface area contributed by atoms with Crippen LogP contribution in [0, 0.1) is 0 Å². The number of nitrogens with zero attached hydrogens (tertiary/aromatic N) is 1. The number of piperidine rings is 1. The van der Waals surface area contributed by atoms with Gasteiger partial charge in [0, 0.05) is 12.1 Å². The summed E-state index contributed by atoms with van der Waals surface area (Å²) in [6.07, 6.45) is 14.8. The lowest BCUT2D eigenvalue weighted by Crippen LogP contribution is -2.35. The van der Waals surface area contributed by atoms with E-state index in [0.717, 1.165) is 6.04 Å². The Morgan fingerprint density at radius 2 is 1.76 bits per heavy atom. The van der Waals surface area contributed by atoms with Gasteiger partial charge in [-0.15, -0.1) is 0 Å². The average molecular weight is 281 g/mol. The second-order valence-corrected chi connectivity index (χ2v) is 7.08. The lowest BCUT2D eigenvalue weighted by Gasteiger charge is -2.34. The Kier molecular flexibility index (Phi) is 3.85. The number of hydrogen-bond acceptors (Lipinski definition) is 1. The van der Waals surface area contributed by atoms with E-state index in [4.69, 9.17) is 0 Å². The number of benzene rings is 1. The monoisotopic (exact) mass is 281 g/mol. The third-order valence-corrected chi connectivity index (χ3v) is 5.80. The van der Waals surface area contributed by atoms with Gasteiger partial charge in [-0.2, -0.15) is 0 Å². The number of rotatable bonds is 2. The summed E-state index contributed by atoms with van der Waals surface area (Å²) in [7, 11) is 0. The van der Waals surface area contributed by atoms with E-state index < -0.39 is 0 Å². The van der Waals surface area contributed by atoms with Crippen LogP contribution in [0.2, 0.25) is 0 Å². The van der Waals surface area contributed by atoms with Crippen LogP contribution in [0.5, 0.6) is 0 Å². The van der Waals surface area contributed by atoms with Crippen LogP contribution < -0.4 is 0 Å². The highest BCUT2D eigenvalue weighted by molar-refractivity contribution is 5.66. The average Bonchev–Trinajstić information content (AvgIpc) is 3.00. The molecular formula is C20H27N. The fourth-order valence-corrected chi connectivity index (χ4v) is 4.64. The zero-order chi connectivity index (χ0) is 14.1. The van der Waals surface area contributed by atoms with Crippen molar-refractivity contribution in [2.45, 2.75) is 69.9 Å². The number of fused-ring (bicyclic) bond motifs is 1. The van der Waals surface area contributed by atoms with Crippen LogP contribution >= 0.6 is 0 Å². The molecule has 3 aliphatic rings. The molecule has 0 saturated carbocycles. The summed E-state index contributed by atoms with van der Waals surface area (Å²) in [6, 6.07) is 11.2. The molecule has 0 amide bonds. The van der Waals surface area contributed by atoms with E-state index in [0.29, 0.717) is 6.04 Å². The molecule has 2 fully saturated rings. The fraction of sp³-hybridized carbons (Fsp3) is 0.600. The fourth-order valence-electron chi connectivity index (χ4n) is 4.64. The Hall–Kier alpha value is -1.08. The maximum Gasteiger partial charge on any atom is 0.0351 e. The van der Waals surface area contributed by atoms with Crippen LogP contribution in [-0.2, 0) is 0 Å². The van der Waals surface area contributed by atoms with Crippen molar-refractivity contribution in [3.05, 3.63) is 41.5 Å². The van der Waals surface area contributed by atoms with Gasteiger partial charge in [0.15, 0.2) is 0 Å². The van der Waals surface area contributed by atoms with Crippen molar-refractivity contribution in [1.29, 1.82) is 0 Å². The molecule has 21 heavy (non-hydrogen) atoms. The summed E-state index contributed by atoms with van der Waals surface area (Å²) >= 11 is 0. The highest BCUT2D eigenvalue weighted by Gasteiger charge is 2.35. The van der Waals surface area contributed by atoms with Crippen molar-refractivity contribution in [2.24, 2.45) is 0 Å². The zero-order valence-electron chi connectivity index (χ0n) is 13.1. The van der Waals surface area contributed by atoms with Crippen LogP contribution in [0.3, 0.4) is 0 Å². The summed E-state index contributed by atoms with van der Waals surface area (Å²) in [6.45, 7) is 1.32. The maximum absolute atomic E-state index is 2.79. The third-order valence-electron chi connectivity index (χ3n) is 5.80. The predicted octanol–water partition coefficient (Wildman–Crippen LogP) is 5.33. The lowest BCUT2D eigenvalue weighted by atomic mass is 9.92.